The summed E-state index contributed by atoms with van der Waals surface area (Å²) in [6, 6.07) is 0. The molecule has 0 aromatic heterocycles. The van der Waals surface area contributed by atoms with Crippen molar-refractivity contribution in [2.45, 2.75) is 58.8 Å². The molecule has 144 valence electrons. The number of cyclic esters (lactones) is 1. The molecule has 5 atom stereocenters. The van der Waals surface area contributed by atoms with Crippen molar-refractivity contribution in [2.24, 2.45) is 33.7 Å². The largest absolute Gasteiger partial charge is 0.458 e. The van der Waals surface area contributed by atoms with Gasteiger partial charge in [-0.3, -0.25) is 0 Å². The highest BCUT2D eigenvalue weighted by molar-refractivity contribution is 5.87. The van der Waals surface area contributed by atoms with Crippen molar-refractivity contribution in [2.75, 3.05) is 6.61 Å². The van der Waals surface area contributed by atoms with Crippen LogP contribution in [0, 0.1) is 28.6 Å². The Balaban J connectivity index is 1.43. The number of carbonyl (C=O) groups excluding carboxylic acids is 1. The summed E-state index contributed by atoms with van der Waals surface area (Å²) in [6.07, 6.45) is 14.2. The molecule has 0 unspecified atom stereocenters. The third kappa shape index (κ3) is 2.34. The van der Waals surface area contributed by atoms with Gasteiger partial charge in [0.1, 0.15) is 6.61 Å². The number of carbonyl (C=O) groups is 1. The highest BCUT2D eigenvalue weighted by Crippen LogP contribution is 2.65. The molecule has 3 saturated carbocycles. The average molecular weight is 367 g/mol. The van der Waals surface area contributed by atoms with Crippen LogP contribution in [-0.4, -0.2) is 23.5 Å². The summed E-state index contributed by atoms with van der Waals surface area (Å²) < 4.78 is 5.19. The van der Waals surface area contributed by atoms with Gasteiger partial charge < -0.3 is 9.94 Å². The Morgan fingerprint density at radius 3 is 2.78 bits per heavy atom. The van der Waals surface area contributed by atoms with E-state index in [0.717, 1.165) is 42.9 Å². The van der Waals surface area contributed by atoms with E-state index in [4.69, 9.17) is 4.74 Å². The lowest BCUT2D eigenvalue weighted by atomic mass is 9.46. The molecule has 0 amide bonds. The number of rotatable bonds is 1. The van der Waals surface area contributed by atoms with Crippen molar-refractivity contribution in [1.29, 1.82) is 0 Å². The van der Waals surface area contributed by atoms with Gasteiger partial charge in [0.05, 0.1) is 5.71 Å². The molecule has 0 bridgehead atoms. The zero-order chi connectivity index (χ0) is 18.8. The fourth-order valence-electron chi connectivity index (χ4n) is 7.14. The Labute approximate surface area is 161 Å². The molecular formula is C23H29NO3. The van der Waals surface area contributed by atoms with Crippen molar-refractivity contribution in [3.8, 4) is 0 Å². The second-order valence-corrected chi connectivity index (χ2v) is 9.71. The first-order valence-corrected chi connectivity index (χ1v) is 10.5. The predicted molar refractivity (Wildman–Crippen MR) is 103 cm³/mol. The Morgan fingerprint density at radius 2 is 2.04 bits per heavy atom. The Kier molecular flexibility index (Phi) is 3.73. The van der Waals surface area contributed by atoms with Crippen LogP contribution in [0.25, 0.3) is 0 Å². The number of nitrogens with zero attached hydrogens (tertiary/aromatic N) is 1. The zero-order valence-corrected chi connectivity index (χ0v) is 16.3. The van der Waals surface area contributed by atoms with Gasteiger partial charge in [-0.15, -0.1) is 0 Å². The van der Waals surface area contributed by atoms with Gasteiger partial charge in [-0.1, -0.05) is 36.7 Å². The van der Waals surface area contributed by atoms with Gasteiger partial charge in [-0.2, -0.15) is 0 Å². The molecule has 4 aliphatic carbocycles. The zero-order valence-electron chi connectivity index (χ0n) is 16.3. The maximum absolute atomic E-state index is 11.6. The van der Waals surface area contributed by atoms with Crippen LogP contribution in [0.5, 0.6) is 0 Å². The number of fused-ring (bicyclic) bond motifs is 5. The number of allylic oxidation sites excluding steroid dienone is 3. The van der Waals surface area contributed by atoms with E-state index in [1.165, 1.54) is 24.8 Å². The maximum Gasteiger partial charge on any atom is 0.331 e. The van der Waals surface area contributed by atoms with E-state index >= 15 is 0 Å². The van der Waals surface area contributed by atoms with E-state index in [1.54, 1.807) is 11.6 Å². The summed E-state index contributed by atoms with van der Waals surface area (Å²) in [6.45, 7) is 5.31. The molecule has 5 aliphatic rings. The lowest BCUT2D eigenvalue weighted by molar-refractivity contribution is -0.134. The number of esters is 1. The van der Waals surface area contributed by atoms with Gasteiger partial charge in [-0.05, 0) is 73.7 Å². The molecule has 1 heterocycles. The maximum atomic E-state index is 11.6. The molecule has 4 heteroatoms. The molecule has 27 heavy (non-hydrogen) atoms. The average Bonchev–Trinajstić information content (AvgIpc) is 3.23. The second kappa shape index (κ2) is 5.83. The number of ether oxygens (including phenoxy) is 1. The van der Waals surface area contributed by atoms with Crippen molar-refractivity contribution in [3.05, 3.63) is 34.9 Å². The van der Waals surface area contributed by atoms with E-state index < -0.39 is 0 Å². The second-order valence-electron chi connectivity index (χ2n) is 9.71. The standard InChI is InChI=1S/C23H29NO3/c1-22-9-7-16(24-26)12-15(22)3-4-17-19-6-5-18(14-11-21(25)27-13-14)23(19,2)10-8-20(17)22/h5-6,11,15,17,20,26H,3-4,7-10,12-13H2,1-2H3/t15-,17-,20-,22-,23+/m0/s1. The van der Waals surface area contributed by atoms with Crippen molar-refractivity contribution >= 4 is 11.7 Å². The van der Waals surface area contributed by atoms with Crippen molar-refractivity contribution in [3.63, 3.8) is 0 Å². The molecule has 1 N–H and O–H groups in total. The van der Waals surface area contributed by atoms with Crippen LogP contribution >= 0.6 is 0 Å². The van der Waals surface area contributed by atoms with Crippen LogP contribution < -0.4 is 0 Å². The smallest absolute Gasteiger partial charge is 0.331 e. The Bertz CT molecular complexity index is 819. The van der Waals surface area contributed by atoms with Gasteiger partial charge in [0.25, 0.3) is 0 Å². The lowest BCUT2D eigenvalue weighted by Crippen LogP contribution is -2.51. The van der Waals surface area contributed by atoms with Crippen LogP contribution in [0.4, 0.5) is 0 Å². The molecule has 0 saturated heterocycles. The van der Waals surface area contributed by atoms with E-state index in [1.807, 2.05) is 0 Å². The first-order valence-electron chi connectivity index (χ1n) is 10.5. The summed E-state index contributed by atoms with van der Waals surface area (Å²) in [4.78, 5) is 11.6. The summed E-state index contributed by atoms with van der Waals surface area (Å²) in [5.74, 6) is 1.82. The van der Waals surface area contributed by atoms with E-state index in [2.05, 4.69) is 31.2 Å². The topological polar surface area (TPSA) is 58.9 Å². The van der Waals surface area contributed by atoms with Crippen LogP contribution in [0.15, 0.2) is 40.1 Å². The van der Waals surface area contributed by atoms with Crippen LogP contribution in [0.2, 0.25) is 0 Å². The van der Waals surface area contributed by atoms with Crippen LogP contribution in [0.3, 0.4) is 0 Å². The summed E-state index contributed by atoms with van der Waals surface area (Å²) in [5.41, 5.74) is 5.40. The third-order valence-corrected chi connectivity index (χ3v) is 8.69. The minimum absolute atomic E-state index is 0.0660. The van der Waals surface area contributed by atoms with E-state index in [0.29, 0.717) is 23.9 Å². The van der Waals surface area contributed by atoms with Gasteiger partial charge in [-0.25, -0.2) is 4.79 Å². The molecular weight excluding hydrogens is 338 g/mol. The normalized spacial score (nSPS) is 44.7. The number of oxime groups is 1. The first-order chi connectivity index (χ1) is 13.0. The van der Waals surface area contributed by atoms with Gasteiger partial charge >= 0.3 is 5.97 Å². The molecule has 0 spiro atoms. The molecule has 5 rings (SSSR count). The Hall–Kier alpha value is -1.84. The molecule has 0 radical (unpaired) electrons. The first kappa shape index (κ1) is 17.3. The summed E-state index contributed by atoms with van der Waals surface area (Å²) >= 11 is 0. The van der Waals surface area contributed by atoms with Gasteiger partial charge in [0.2, 0.25) is 0 Å². The van der Waals surface area contributed by atoms with E-state index in [9.17, 15) is 10.0 Å². The minimum Gasteiger partial charge on any atom is -0.458 e. The Morgan fingerprint density at radius 1 is 1.19 bits per heavy atom. The van der Waals surface area contributed by atoms with Crippen LogP contribution in [0.1, 0.15) is 58.8 Å². The molecule has 1 aliphatic heterocycles. The lowest BCUT2D eigenvalue weighted by Gasteiger charge is -2.58. The van der Waals surface area contributed by atoms with Crippen molar-refractivity contribution < 1.29 is 14.7 Å². The SMILES string of the molecule is C[C@]12CC[C@H]3[C@@H](CC[C@H]4CC(=NO)CC[C@@]43C)C1=CC=C2C1=CC(=O)OC1. The molecule has 3 fully saturated rings. The van der Waals surface area contributed by atoms with E-state index in [-0.39, 0.29) is 11.4 Å². The van der Waals surface area contributed by atoms with Gasteiger partial charge in [0.15, 0.2) is 0 Å². The highest BCUT2D eigenvalue weighted by Gasteiger charge is 2.56. The van der Waals surface area contributed by atoms with Crippen molar-refractivity contribution in [1.82, 2.24) is 0 Å². The predicted octanol–water partition coefficient (Wildman–Crippen LogP) is 4.80. The number of hydrogen-bond donors (Lipinski definition) is 1. The van der Waals surface area contributed by atoms with Gasteiger partial charge in [0, 0.05) is 17.1 Å². The molecule has 0 aromatic carbocycles. The number of hydrogen-bond acceptors (Lipinski definition) is 4. The monoisotopic (exact) mass is 367 g/mol. The molecule has 4 nitrogen and oxygen atoms in total. The fourth-order valence-corrected chi connectivity index (χ4v) is 7.14. The quantitative estimate of drug-likeness (QED) is 0.411. The molecule has 0 aromatic rings. The third-order valence-electron chi connectivity index (χ3n) is 8.69. The minimum atomic E-state index is -0.201. The highest BCUT2D eigenvalue weighted by atomic mass is 16.5. The summed E-state index contributed by atoms with van der Waals surface area (Å²) in [7, 11) is 0. The summed E-state index contributed by atoms with van der Waals surface area (Å²) in [5, 5.41) is 12.8. The fraction of sp³-hybridized carbons (Fsp3) is 0.652. The van der Waals surface area contributed by atoms with Crippen LogP contribution in [-0.2, 0) is 9.53 Å².